The Bertz CT molecular complexity index is 1350. The molecule has 190 valence electrons. The van der Waals surface area contributed by atoms with Crippen molar-refractivity contribution in [3.05, 3.63) is 42.5 Å². The molecule has 0 aliphatic carbocycles. The number of benzene rings is 2. The number of nitrogens with one attached hydrogen (secondary N) is 1. The van der Waals surface area contributed by atoms with Crippen LogP contribution in [-0.4, -0.2) is 78.7 Å². The van der Waals surface area contributed by atoms with E-state index in [0.29, 0.717) is 67.7 Å². The highest BCUT2D eigenvalue weighted by atomic mass is 32.2. The highest BCUT2D eigenvalue weighted by Gasteiger charge is 2.26. The first-order valence-electron chi connectivity index (χ1n) is 11.3. The molecule has 0 saturated carbocycles. The second kappa shape index (κ2) is 10.5. The van der Waals surface area contributed by atoms with Crippen molar-refractivity contribution in [3.8, 4) is 22.9 Å². The molecule has 2 aromatic carbocycles. The normalized spacial score (nSPS) is 16.0. The lowest BCUT2D eigenvalue weighted by molar-refractivity contribution is -0.113. The molecule has 0 unspecified atom stereocenters. The largest absolute Gasteiger partial charge is 0.486 e. The number of sulfonamides is 1. The van der Waals surface area contributed by atoms with Crippen molar-refractivity contribution in [2.24, 2.45) is 7.05 Å². The average Bonchev–Trinajstić information content (AvgIpc) is 3.28. The van der Waals surface area contributed by atoms with Crippen LogP contribution in [0.15, 0.2) is 52.5 Å². The van der Waals surface area contributed by atoms with Crippen LogP contribution in [0.1, 0.15) is 0 Å². The van der Waals surface area contributed by atoms with E-state index in [0.717, 1.165) is 5.56 Å². The topological polar surface area (TPSA) is 125 Å². The van der Waals surface area contributed by atoms with Crippen LogP contribution < -0.4 is 14.8 Å². The lowest BCUT2D eigenvalue weighted by atomic mass is 10.2. The summed E-state index contributed by atoms with van der Waals surface area (Å²) in [4.78, 5) is 12.7. The second-order valence-corrected chi connectivity index (χ2v) is 11.0. The van der Waals surface area contributed by atoms with E-state index in [2.05, 4.69) is 15.5 Å². The standard InChI is InChI=1S/C23H25N5O6S2/c1-27-22(16-2-5-18(6-3-16)36(30,31)28-8-10-32-11-9-28)25-26-23(27)35-15-21(29)24-17-4-7-19-20(14-17)34-13-12-33-19/h2-7,14H,8-13,15H2,1H3,(H,24,29). The van der Waals surface area contributed by atoms with E-state index in [-0.39, 0.29) is 16.6 Å². The molecule has 1 saturated heterocycles. The Kier molecular flexibility index (Phi) is 7.14. The average molecular weight is 532 g/mol. The molecule has 3 aromatic rings. The quantitative estimate of drug-likeness (QED) is 0.456. The lowest BCUT2D eigenvalue weighted by Crippen LogP contribution is -2.40. The van der Waals surface area contributed by atoms with Gasteiger partial charge in [0.15, 0.2) is 22.5 Å². The van der Waals surface area contributed by atoms with Crippen LogP contribution in [0.5, 0.6) is 11.5 Å². The minimum absolute atomic E-state index is 0.136. The predicted octanol–water partition coefficient (Wildman–Crippen LogP) is 2.00. The number of amides is 1. The number of fused-ring (bicyclic) bond motifs is 1. The van der Waals surface area contributed by atoms with E-state index in [1.807, 2.05) is 0 Å². The molecule has 11 nitrogen and oxygen atoms in total. The van der Waals surface area contributed by atoms with E-state index in [9.17, 15) is 13.2 Å². The Balaban J connectivity index is 1.21. The number of aromatic nitrogens is 3. The lowest BCUT2D eigenvalue weighted by Gasteiger charge is -2.26. The van der Waals surface area contributed by atoms with E-state index in [1.54, 1.807) is 54.1 Å². The van der Waals surface area contributed by atoms with Crippen molar-refractivity contribution in [3.63, 3.8) is 0 Å². The summed E-state index contributed by atoms with van der Waals surface area (Å²) in [5, 5.41) is 11.8. The van der Waals surface area contributed by atoms with Crippen LogP contribution >= 0.6 is 11.8 Å². The molecule has 0 atom stereocenters. The Hall–Kier alpha value is -3.13. The molecule has 0 spiro atoms. The third kappa shape index (κ3) is 5.19. The molecule has 1 fully saturated rings. The van der Waals surface area contributed by atoms with Crippen LogP contribution in [-0.2, 0) is 26.6 Å². The fourth-order valence-electron chi connectivity index (χ4n) is 3.85. The minimum atomic E-state index is -3.57. The molecule has 0 radical (unpaired) electrons. The van der Waals surface area contributed by atoms with Gasteiger partial charge in [0.1, 0.15) is 13.2 Å². The molecule has 13 heteroatoms. The zero-order valence-corrected chi connectivity index (χ0v) is 21.2. The summed E-state index contributed by atoms with van der Waals surface area (Å²) in [5.41, 5.74) is 1.34. The minimum Gasteiger partial charge on any atom is -0.486 e. The summed E-state index contributed by atoms with van der Waals surface area (Å²) in [7, 11) is -1.77. The van der Waals surface area contributed by atoms with Gasteiger partial charge in [0.2, 0.25) is 15.9 Å². The van der Waals surface area contributed by atoms with E-state index in [1.165, 1.54) is 16.1 Å². The van der Waals surface area contributed by atoms with Crippen molar-refractivity contribution < 1.29 is 27.4 Å². The molecule has 2 aliphatic heterocycles. The number of carbonyl (C=O) groups is 1. The highest BCUT2D eigenvalue weighted by Crippen LogP contribution is 2.33. The van der Waals surface area contributed by atoms with Crippen molar-refractivity contribution in [1.29, 1.82) is 0 Å². The SMILES string of the molecule is Cn1c(SCC(=O)Nc2ccc3c(c2)OCCO3)nnc1-c1ccc(S(=O)(=O)N2CCOCC2)cc1. The summed E-state index contributed by atoms with van der Waals surface area (Å²) >= 11 is 1.25. The van der Waals surface area contributed by atoms with Gasteiger partial charge >= 0.3 is 0 Å². The second-order valence-electron chi connectivity index (χ2n) is 8.10. The van der Waals surface area contributed by atoms with Crippen LogP contribution in [0.4, 0.5) is 5.69 Å². The van der Waals surface area contributed by atoms with Crippen LogP contribution in [0, 0.1) is 0 Å². The number of hydrogen-bond donors (Lipinski definition) is 1. The predicted molar refractivity (Wildman–Crippen MR) is 133 cm³/mol. The Morgan fingerprint density at radius 2 is 1.72 bits per heavy atom. The van der Waals surface area contributed by atoms with Gasteiger partial charge in [-0.25, -0.2) is 8.42 Å². The summed E-state index contributed by atoms with van der Waals surface area (Å²) in [5.74, 6) is 1.77. The van der Waals surface area contributed by atoms with Crippen LogP contribution in [0.3, 0.4) is 0 Å². The smallest absolute Gasteiger partial charge is 0.243 e. The molecule has 1 N–H and O–H groups in total. The number of nitrogens with zero attached hydrogens (tertiary/aromatic N) is 4. The van der Waals surface area contributed by atoms with Crippen LogP contribution in [0.25, 0.3) is 11.4 Å². The number of anilines is 1. The van der Waals surface area contributed by atoms with Gasteiger partial charge in [-0.3, -0.25) is 4.79 Å². The summed E-state index contributed by atoms with van der Waals surface area (Å²) in [6.45, 7) is 2.46. The van der Waals surface area contributed by atoms with Crippen molar-refractivity contribution in [2.75, 3.05) is 50.6 Å². The maximum absolute atomic E-state index is 12.8. The van der Waals surface area contributed by atoms with Crippen molar-refractivity contribution in [1.82, 2.24) is 19.1 Å². The molecular formula is C23H25N5O6S2. The molecule has 1 aromatic heterocycles. The van der Waals surface area contributed by atoms with Crippen LogP contribution in [0.2, 0.25) is 0 Å². The first kappa shape index (κ1) is 24.6. The first-order chi connectivity index (χ1) is 17.4. The molecule has 5 rings (SSSR count). The molecule has 2 aliphatic rings. The number of carbonyl (C=O) groups excluding carboxylic acids is 1. The number of rotatable bonds is 7. The van der Waals surface area contributed by atoms with Gasteiger partial charge in [0.05, 0.1) is 23.9 Å². The molecular weight excluding hydrogens is 506 g/mol. The highest BCUT2D eigenvalue weighted by molar-refractivity contribution is 7.99. The number of morpholine rings is 1. The maximum Gasteiger partial charge on any atom is 0.243 e. The molecule has 0 bridgehead atoms. The molecule has 3 heterocycles. The Morgan fingerprint density at radius 3 is 2.47 bits per heavy atom. The fraction of sp³-hybridized carbons (Fsp3) is 0.348. The monoisotopic (exact) mass is 531 g/mol. The van der Waals surface area contributed by atoms with Gasteiger partial charge in [0, 0.05) is 37.5 Å². The maximum atomic E-state index is 12.8. The third-order valence-corrected chi connectivity index (χ3v) is 8.65. The number of ether oxygens (including phenoxy) is 3. The van der Waals surface area contributed by atoms with E-state index in [4.69, 9.17) is 14.2 Å². The zero-order chi connectivity index (χ0) is 25.1. The third-order valence-electron chi connectivity index (χ3n) is 5.71. The van der Waals surface area contributed by atoms with Gasteiger partial charge in [-0.2, -0.15) is 4.31 Å². The fourth-order valence-corrected chi connectivity index (χ4v) is 5.97. The Labute approximate surface area is 212 Å². The molecule has 36 heavy (non-hydrogen) atoms. The first-order valence-corrected chi connectivity index (χ1v) is 13.7. The number of thioether (sulfide) groups is 1. The number of hydrogen-bond acceptors (Lipinski definition) is 9. The zero-order valence-electron chi connectivity index (χ0n) is 19.5. The summed E-state index contributed by atoms with van der Waals surface area (Å²) < 4.78 is 45.2. The van der Waals surface area contributed by atoms with E-state index < -0.39 is 10.0 Å². The molecule has 1 amide bonds. The summed E-state index contributed by atoms with van der Waals surface area (Å²) in [6, 6.07) is 11.8. The van der Waals surface area contributed by atoms with Gasteiger partial charge in [-0.15, -0.1) is 10.2 Å². The van der Waals surface area contributed by atoms with Gasteiger partial charge < -0.3 is 24.1 Å². The van der Waals surface area contributed by atoms with E-state index >= 15 is 0 Å². The van der Waals surface area contributed by atoms with Gasteiger partial charge in [0.25, 0.3) is 0 Å². The van der Waals surface area contributed by atoms with Gasteiger partial charge in [-0.1, -0.05) is 11.8 Å². The van der Waals surface area contributed by atoms with Crippen molar-refractivity contribution in [2.45, 2.75) is 10.1 Å². The van der Waals surface area contributed by atoms with Crippen molar-refractivity contribution >= 4 is 33.4 Å². The Morgan fingerprint density at radius 1 is 1.00 bits per heavy atom. The van der Waals surface area contributed by atoms with Gasteiger partial charge in [-0.05, 0) is 36.4 Å². The summed E-state index contributed by atoms with van der Waals surface area (Å²) in [6.07, 6.45) is 0.